The molecular formula is C14H16N2S2. The van der Waals surface area contributed by atoms with Crippen LogP contribution in [-0.4, -0.2) is 22.0 Å². The van der Waals surface area contributed by atoms with Gasteiger partial charge in [0.1, 0.15) is 5.01 Å². The lowest BCUT2D eigenvalue weighted by Gasteiger charge is -2.18. The van der Waals surface area contributed by atoms with E-state index >= 15 is 0 Å². The van der Waals surface area contributed by atoms with Gasteiger partial charge in [0.2, 0.25) is 0 Å². The van der Waals surface area contributed by atoms with Crippen LogP contribution >= 0.6 is 23.1 Å². The summed E-state index contributed by atoms with van der Waals surface area (Å²) in [5.74, 6) is 1.27. The van der Waals surface area contributed by atoms with E-state index in [1.807, 2.05) is 11.6 Å². The van der Waals surface area contributed by atoms with E-state index in [4.69, 9.17) is 0 Å². The van der Waals surface area contributed by atoms with Crippen molar-refractivity contribution in [2.75, 3.05) is 11.1 Å². The van der Waals surface area contributed by atoms with Crippen molar-refractivity contribution in [3.05, 3.63) is 35.8 Å². The maximum absolute atomic E-state index is 4.36. The molecule has 4 heteroatoms. The SMILES string of the molecule is CC1SCCC1Nc1cccc(-c2nccs2)c1. The van der Waals surface area contributed by atoms with Crippen LogP contribution in [0.1, 0.15) is 13.3 Å². The molecule has 18 heavy (non-hydrogen) atoms. The van der Waals surface area contributed by atoms with E-state index in [-0.39, 0.29) is 0 Å². The average molecular weight is 276 g/mol. The third kappa shape index (κ3) is 2.54. The number of anilines is 1. The van der Waals surface area contributed by atoms with Crippen molar-refractivity contribution in [2.24, 2.45) is 0 Å². The average Bonchev–Trinajstić information content (AvgIpc) is 3.02. The zero-order chi connectivity index (χ0) is 12.4. The van der Waals surface area contributed by atoms with Gasteiger partial charge in [-0.05, 0) is 24.3 Å². The van der Waals surface area contributed by atoms with Gasteiger partial charge in [0.15, 0.2) is 0 Å². The molecule has 2 atom stereocenters. The molecule has 0 aliphatic carbocycles. The van der Waals surface area contributed by atoms with Crippen molar-refractivity contribution in [3.8, 4) is 10.6 Å². The number of nitrogens with zero attached hydrogens (tertiary/aromatic N) is 1. The lowest BCUT2D eigenvalue weighted by Crippen LogP contribution is -2.24. The molecule has 94 valence electrons. The molecular weight excluding hydrogens is 260 g/mol. The number of thiazole rings is 1. The Kier molecular flexibility index (Phi) is 3.57. The van der Waals surface area contributed by atoms with Crippen LogP contribution in [0.5, 0.6) is 0 Å². The highest BCUT2D eigenvalue weighted by Gasteiger charge is 2.23. The van der Waals surface area contributed by atoms with E-state index in [1.54, 1.807) is 11.3 Å². The fourth-order valence-electron chi connectivity index (χ4n) is 2.24. The van der Waals surface area contributed by atoms with E-state index in [1.165, 1.54) is 23.4 Å². The van der Waals surface area contributed by atoms with Gasteiger partial charge in [-0.1, -0.05) is 19.1 Å². The second-order valence-electron chi connectivity index (χ2n) is 4.53. The fourth-order valence-corrected chi connectivity index (χ4v) is 4.08. The Bertz CT molecular complexity index is 510. The second kappa shape index (κ2) is 5.33. The highest BCUT2D eigenvalue weighted by molar-refractivity contribution is 8.00. The van der Waals surface area contributed by atoms with Gasteiger partial charge in [-0.2, -0.15) is 11.8 Å². The molecule has 2 unspecified atom stereocenters. The minimum absolute atomic E-state index is 0.599. The van der Waals surface area contributed by atoms with Gasteiger partial charge in [0.25, 0.3) is 0 Å². The Morgan fingerprint density at radius 3 is 3.06 bits per heavy atom. The summed E-state index contributed by atoms with van der Waals surface area (Å²) >= 11 is 3.74. The van der Waals surface area contributed by atoms with E-state index in [0.29, 0.717) is 11.3 Å². The minimum atomic E-state index is 0.599. The third-order valence-electron chi connectivity index (χ3n) is 3.27. The molecule has 2 aromatic rings. The lowest BCUT2D eigenvalue weighted by atomic mass is 10.1. The predicted molar refractivity (Wildman–Crippen MR) is 81.5 cm³/mol. The number of nitrogens with one attached hydrogen (secondary N) is 1. The molecule has 1 aromatic carbocycles. The molecule has 3 rings (SSSR count). The van der Waals surface area contributed by atoms with Gasteiger partial charge in [0.05, 0.1) is 0 Å². The van der Waals surface area contributed by atoms with E-state index in [9.17, 15) is 0 Å². The Morgan fingerprint density at radius 2 is 2.33 bits per heavy atom. The van der Waals surface area contributed by atoms with Crippen LogP contribution in [0.15, 0.2) is 35.8 Å². The number of thioether (sulfide) groups is 1. The van der Waals surface area contributed by atoms with Crippen LogP contribution < -0.4 is 5.32 Å². The van der Waals surface area contributed by atoms with Crippen molar-refractivity contribution in [1.29, 1.82) is 0 Å². The molecule has 1 saturated heterocycles. The first-order valence-electron chi connectivity index (χ1n) is 6.21. The molecule has 2 nitrogen and oxygen atoms in total. The molecule has 0 bridgehead atoms. The fraction of sp³-hybridized carbons (Fsp3) is 0.357. The molecule has 1 aromatic heterocycles. The molecule has 0 spiro atoms. The Morgan fingerprint density at radius 1 is 1.39 bits per heavy atom. The van der Waals surface area contributed by atoms with Gasteiger partial charge in [-0.25, -0.2) is 4.98 Å². The van der Waals surface area contributed by atoms with E-state index in [2.05, 4.69) is 53.3 Å². The molecule has 2 heterocycles. The molecule has 1 N–H and O–H groups in total. The third-order valence-corrected chi connectivity index (χ3v) is 5.42. The van der Waals surface area contributed by atoms with Crippen LogP contribution in [0.25, 0.3) is 10.6 Å². The minimum Gasteiger partial charge on any atom is -0.381 e. The topological polar surface area (TPSA) is 24.9 Å². The Hall–Kier alpha value is -1.00. The van der Waals surface area contributed by atoms with Gasteiger partial charge in [-0.3, -0.25) is 0 Å². The standard InChI is InChI=1S/C14H16N2S2/c1-10-13(5-7-17-10)16-12-4-2-3-11(9-12)14-15-6-8-18-14/h2-4,6,8-10,13,16H,5,7H2,1H3. The van der Waals surface area contributed by atoms with E-state index in [0.717, 1.165) is 5.01 Å². The summed E-state index contributed by atoms with van der Waals surface area (Å²) < 4.78 is 0. The first-order chi connectivity index (χ1) is 8.83. The Balaban J connectivity index is 1.79. The summed E-state index contributed by atoms with van der Waals surface area (Å²) in [5.41, 5.74) is 2.41. The summed E-state index contributed by atoms with van der Waals surface area (Å²) in [6.07, 6.45) is 3.11. The van der Waals surface area contributed by atoms with Crippen LogP contribution in [0.3, 0.4) is 0 Å². The first kappa shape index (κ1) is 12.1. The van der Waals surface area contributed by atoms with Crippen molar-refractivity contribution < 1.29 is 0 Å². The number of hydrogen-bond donors (Lipinski definition) is 1. The predicted octanol–water partition coefficient (Wildman–Crippen LogP) is 4.12. The maximum Gasteiger partial charge on any atom is 0.123 e. The number of rotatable bonds is 3. The molecule has 1 fully saturated rings. The summed E-state index contributed by atoms with van der Waals surface area (Å²) in [4.78, 5) is 4.36. The molecule has 0 radical (unpaired) electrons. The van der Waals surface area contributed by atoms with Crippen molar-refractivity contribution >= 4 is 28.8 Å². The summed E-state index contributed by atoms with van der Waals surface area (Å²) in [6, 6.07) is 9.17. The quantitative estimate of drug-likeness (QED) is 0.913. The highest BCUT2D eigenvalue weighted by Crippen LogP contribution is 2.30. The van der Waals surface area contributed by atoms with Crippen LogP contribution in [0, 0.1) is 0 Å². The zero-order valence-corrected chi connectivity index (χ0v) is 11.9. The zero-order valence-electron chi connectivity index (χ0n) is 10.3. The first-order valence-corrected chi connectivity index (χ1v) is 8.14. The van der Waals surface area contributed by atoms with Crippen molar-refractivity contribution in [2.45, 2.75) is 24.6 Å². The Labute approximate surface area is 116 Å². The monoisotopic (exact) mass is 276 g/mol. The number of hydrogen-bond acceptors (Lipinski definition) is 4. The largest absolute Gasteiger partial charge is 0.381 e. The number of aromatic nitrogens is 1. The number of benzene rings is 1. The van der Waals surface area contributed by atoms with Gasteiger partial charge in [-0.15, -0.1) is 11.3 Å². The van der Waals surface area contributed by atoms with Crippen LogP contribution in [0.4, 0.5) is 5.69 Å². The smallest absolute Gasteiger partial charge is 0.123 e. The van der Waals surface area contributed by atoms with Gasteiger partial charge >= 0.3 is 0 Å². The molecule has 1 aliphatic rings. The van der Waals surface area contributed by atoms with Gasteiger partial charge < -0.3 is 5.32 Å². The molecule has 1 aliphatic heterocycles. The summed E-state index contributed by atoms with van der Waals surface area (Å²) in [5, 5.41) is 7.46. The highest BCUT2D eigenvalue weighted by atomic mass is 32.2. The van der Waals surface area contributed by atoms with Crippen LogP contribution in [0.2, 0.25) is 0 Å². The molecule has 0 amide bonds. The van der Waals surface area contributed by atoms with E-state index < -0.39 is 0 Å². The molecule has 0 saturated carbocycles. The van der Waals surface area contributed by atoms with Crippen molar-refractivity contribution in [1.82, 2.24) is 4.98 Å². The van der Waals surface area contributed by atoms with Gasteiger partial charge in [0, 0.05) is 34.1 Å². The maximum atomic E-state index is 4.36. The summed E-state index contributed by atoms with van der Waals surface area (Å²) in [7, 11) is 0. The summed E-state index contributed by atoms with van der Waals surface area (Å²) in [6.45, 7) is 2.31. The second-order valence-corrected chi connectivity index (χ2v) is 6.91. The lowest BCUT2D eigenvalue weighted by molar-refractivity contribution is 0.724. The van der Waals surface area contributed by atoms with Crippen molar-refractivity contribution in [3.63, 3.8) is 0 Å². The normalized spacial score (nSPS) is 23.2. The van der Waals surface area contributed by atoms with Crippen LogP contribution in [-0.2, 0) is 0 Å².